The molecule has 0 spiro atoms. The first kappa shape index (κ1) is 14.6. The zero-order valence-electron chi connectivity index (χ0n) is 8.93. The minimum atomic E-state index is -4.57. The summed E-state index contributed by atoms with van der Waals surface area (Å²) in [6.45, 7) is -1.50. The summed E-state index contributed by atoms with van der Waals surface area (Å²) in [5, 5.41) is -0.356. The molecular weight excluding hydrogens is 372 g/mol. The Hall–Kier alpha value is -0.790. The molecule has 19 heavy (non-hydrogen) atoms. The van der Waals surface area contributed by atoms with E-state index in [2.05, 4.69) is 20.9 Å². The number of alkyl halides is 3. The topological polar surface area (TPSA) is 34.9 Å². The number of rotatable bonds is 1. The van der Waals surface area contributed by atoms with E-state index in [0.717, 1.165) is 0 Å². The Morgan fingerprint density at radius 3 is 2.53 bits per heavy atom. The van der Waals surface area contributed by atoms with E-state index in [1.807, 2.05) is 0 Å². The number of hydrogen-bond acceptors (Lipinski definition) is 2. The van der Waals surface area contributed by atoms with Crippen molar-refractivity contribution in [3.8, 4) is 0 Å². The Balaban J connectivity index is 2.78. The van der Waals surface area contributed by atoms with Crippen LogP contribution in [0, 0.1) is 0 Å². The molecule has 102 valence electrons. The molecule has 3 nitrogen and oxygen atoms in total. The molecule has 0 aliphatic heterocycles. The first-order valence-electron chi connectivity index (χ1n) is 4.81. The van der Waals surface area contributed by atoms with E-state index in [0.29, 0.717) is 9.04 Å². The first-order valence-corrected chi connectivity index (χ1v) is 6.36. The Kier molecular flexibility index (Phi) is 3.81. The smallest absolute Gasteiger partial charge is 0.274 e. The van der Waals surface area contributed by atoms with Crippen LogP contribution in [0.5, 0.6) is 0 Å². The summed E-state index contributed by atoms with van der Waals surface area (Å²) in [6.07, 6.45) is -4.57. The van der Waals surface area contributed by atoms with E-state index in [1.54, 1.807) is 0 Å². The average Bonchev–Trinajstić information content (AvgIpc) is 2.25. The van der Waals surface area contributed by atoms with Crippen LogP contribution in [-0.2, 0) is 6.54 Å². The van der Waals surface area contributed by atoms with Crippen LogP contribution >= 0.6 is 39.1 Å². The SMILES string of the molecule is O=c1c2cc(Cl)cc(Br)c2nc(Cl)n1CC(F)(F)F. The Bertz CT molecular complexity index is 714. The molecule has 1 heterocycles. The van der Waals surface area contributed by atoms with Gasteiger partial charge in [0.25, 0.3) is 5.56 Å². The van der Waals surface area contributed by atoms with Crippen LogP contribution in [0.4, 0.5) is 13.2 Å². The number of halogens is 6. The Labute approximate surface area is 123 Å². The van der Waals surface area contributed by atoms with E-state index < -0.39 is 23.6 Å². The molecule has 9 heteroatoms. The minimum absolute atomic E-state index is 0.0342. The molecule has 1 aromatic heterocycles. The molecule has 2 rings (SSSR count). The lowest BCUT2D eigenvalue weighted by Gasteiger charge is -2.12. The number of benzene rings is 1. The zero-order valence-corrected chi connectivity index (χ0v) is 12.0. The number of fused-ring (bicyclic) bond motifs is 1. The van der Waals surface area contributed by atoms with E-state index in [4.69, 9.17) is 23.2 Å². The molecule has 0 aliphatic carbocycles. The van der Waals surface area contributed by atoms with Gasteiger partial charge in [0, 0.05) is 9.50 Å². The average molecular weight is 376 g/mol. The summed E-state index contributed by atoms with van der Waals surface area (Å²) >= 11 is 14.5. The van der Waals surface area contributed by atoms with Crippen LogP contribution in [0.3, 0.4) is 0 Å². The van der Waals surface area contributed by atoms with Gasteiger partial charge in [0.1, 0.15) is 6.54 Å². The molecular formula is C10H4BrCl2F3N2O. The van der Waals surface area contributed by atoms with Crippen molar-refractivity contribution in [2.75, 3.05) is 0 Å². The van der Waals surface area contributed by atoms with Gasteiger partial charge in [-0.25, -0.2) is 4.98 Å². The number of hydrogen-bond donors (Lipinski definition) is 0. The largest absolute Gasteiger partial charge is 0.406 e. The van der Waals surface area contributed by atoms with Gasteiger partial charge >= 0.3 is 6.18 Å². The predicted octanol–water partition coefficient (Wildman–Crippen LogP) is 4.03. The quantitative estimate of drug-likeness (QED) is 0.705. The summed E-state index contributed by atoms with van der Waals surface area (Å²) < 4.78 is 37.9. The lowest BCUT2D eigenvalue weighted by molar-refractivity contribution is -0.141. The second-order valence-corrected chi connectivity index (χ2v) is 5.30. The molecule has 2 aromatic rings. The first-order chi connectivity index (χ1) is 8.69. The van der Waals surface area contributed by atoms with Crippen LogP contribution in [0.15, 0.2) is 21.4 Å². The van der Waals surface area contributed by atoms with Crippen molar-refractivity contribution in [3.05, 3.63) is 37.3 Å². The van der Waals surface area contributed by atoms with Crippen molar-refractivity contribution in [2.24, 2.45) is 0 Å². The third kappa shape index (κ3) is 3.04. The number of nitrogens with zero attached hydrogens (tertiary/aromatic N) is 2. The van der Waals surface area contributed by atoms with Crippen LogP contribution in [0.25, 0.3) is 10.9 Å². The summed E-state index contributed by atoms with van der Waals surface area (Å²) in [5.41, 5.74) is -0.728. The fourth-order valence-electron chi connectivity index (χ4n) is 1.54. The molecule has 0 unspecified atom stereocenters. The van der Waals surface area contributed by atoms with Crippen LogP contribution < -0.4 is 5.56 Å². The van der Waals surface area contributed by atoms with Gasteiger partial charge in [-0.3, -0.25) is 9.36 Å². The molecule has 0 radical (unpaired) electrons. The predicted molar refractivity (Wildman–Crippen MR) is 69.8 cm³/mol. The second kappa shape index (κ2) is 4.96. The monoisotopic (exact) mass is 374 g/mol. The van der Waals surface area contributed by atoms with Crippen LogP contribution in [0.2, 0.25) is 10.3 Å². The summed E-state index contributed by atoms with van der Waals surface area (Å²) in [5.74, 6) is 0. The van der Waals surface area contributed by atoms with E-state index in [-0.39, 0.29) is 15.9 Å². The third-order valence-corrected chi connectivity index (χ3v) is 3.38. The van der Waals surface area contributed by atoms with Crippen molar-refractivity contribution in [1.29, 1.82) is 0 Å². The molecule has 1 aromatic carbocycles. The van der Waals surface area contributed by atoms with Gasteiger partial charge < -0.3 is 0 Å². The maximum absolute atomic E-state index is 12.4. The molecule has 0 aliphatic rings. The van der Waals surface area contributed by atoms with Gasteiger partial charge in [0.2, 0.25) is 5.28 Å². The normalized spacial score (nSPS) is 12.1. The Morgan fingerprint density at radius 1 is 1.32 bits per heavy atom. The Morgan fingerprint density at radius 2 is 1.95 bits per heavy atom. The van der Waals surface area contributed by atoms with Gasteiger partial charge in [-0.1, -0.05) is 11.6 Å². The maximum atomic E-state index is 12.4. The van der Waals surface area contributed by atoms with E-state index in [1.165, 1.54) is 12.1 Å². The minimum Gasteiger partial charge on any atom is -0.274 e. The molecule has 0 atom stereocenters. The van der Waals surface area contributed by atoms with Crippen molar-refractivity contribution in [2.45, 2.75) is 12.7 Å². The lowest BCUT2D eigenvalue weighted by atomic mass is 10.2. The highest BCUT2D eigenvalue weighted by atomic mass is 79.9. The summed E-state index contributed by atoms with van der Waals surface area (Å²) in [7, 11) is 0. The highest BCUT2D eigenvalue weighted by Gasteiger charge is 2.30. The van der Waals surface area contributed by atoms with E-state index >= 15 is 0 Å². The fourth-order valence-corrected chi connectivity index (χ4v) is 2.66. The third-order valence-electron chi connectivity index (χ3n) is 2.27. The van der Waals surface area contributed by atoms with Gasteiger partial charge in [-0.15, -0.1) is 0 Å². The second-order valence-electron chi connectivity index (χ2n) is 3.67. The molecule has 0 saturated carbocycles. The summed E-state index contributed by atoms with van der Waals surface area (Å²) in [4.78, 5) is 15.8. The van der Waals surface area contributed by atoms with Gasteiger partial charge in [0.15, 0.2) is 0 Å². The van der Waals surface area contributed by atoms with Crippen molar-refractivity contribution in [3.63, 3.8) is 0 Å². The zero-order chi connectivity index (χ0) is 14.4. The molecule has 0 saturated heterocycles. The molecule has 0 N–H and O–H groups in total. The van der Waals surface area contributed by atoms with Gasteiger partial charge in [-0.05, 0) is 39.7 Å². The molecule has 0 fully saturated rings. The van der Waals surface area contributed by atoms with Gasteiger partial charge in [-0.2, -0.15) is 13.2 Å². The van der Waals surface area contributed by atoms with Crippen molar-refractivity contribution in [1.82, 2.24) is 9.55 Å². The fraction of sp³-hybridized carbons (Fsp3) is 0.200. The highest BCUT2D eigenvalue weighted by molar-refractivity contribution is 9.10. The standard InChI is InChI=1S/C10H4BrCl2F3N2O/c11-6-2-4(12)1-5-7(6)17-9(13)18(8(5)19)3-10(14,15)16/h1-2H,3H2. The molecule has 0 amide bonds. The van der Waals surface area contributed by atoms with Crippen LogP contribution in [0.1, 0.15) is 0 Å². The van der Waals surface area contributed by atoms with Gasteiger partial charge in [0.05, 0.1) is 10.9 Å². The van der Waals surface area contributed by atoms with Crippen LogP contribution in [-0.4, -0.2) is 15.7 Å². The number of aromatic nitrogens is 2. The van der Waals surface area contributed by atoms with Crippen molar-refractivity contribution < 1.29 is 13.2 Å². The van der Waals surface area contributed by atoms with E-state index in [9.17, 15) is 18.0 Å². The summed E-state index contributed by atoms with van der Waals surface area (Å²) in [6, 6.07) is 2.72. The van der Waals surface area contributed by atoms with Crippen molar-refractivity contribution >= 4 is 50.0 Å². The lowest BCUT2D eigenvalue weighted by Crippen LogP contribution is -2.29. The highest BCUT2D eigenvalue weighted by Crippen LogP contribution is 2.27. The maximum Gasteiger partial charge on any atom is 0.406 e. The molecule has 0 bridgehead atoms.